The molecule has 40 heavy (non-hydrogen) atoms. The third-order valence-electron chi connectivity index (χ3n) is 5.67. The van der Waals surface area contributed by atoms with E-state index in [1.807, 2.05) is 25.1 Å². The van der Waals surface area contributed by atoms with Crippen molar-refractivity contribution in [2.75, 3.05) is 11.9 Å². The molecule has 11 nitrogen and oxygen atoms in total. The van der Waals surface area contributed by atoms with Crippen LogP contribution in [0.4, 0.5) is 24.8 Å². The molecule has 0 saturated carbocycles. The van der Waals surface area contributed by atoms with Crippen molar-refractivity contribution in [3.63, 3.8) is 0 Å². The average Bonchev–Trinajstić information content (AvgIpc) is 3.43. The summed E-state index contributed by atoms with van der Waals surface area (Å²) < 4.78 is 39.4. The van der Waals surface area contributed by atoms with E-state index in [0.717, 1.165) is 36.3 Å². The molecule has 210 valence electrons. The summed E-state index contributed by atoms with van der Waals surface area (Å²) in [7, 11) is 0. The third-order valence-corrected chi connectivity index (χ3v) is 5.98. The fourth-order valence-electron chi connectivity index (χ4n) is 3.78. The number of nitrogens with zero attached hydrogens (tertiary/aromatic N) is 6. The van der Waals surface area contributed by atoms with Gasteiger partial charge in [0.2, 0.25) is 5.95 Å². The molecule has 0 saturated heterocycles. The van der Waals surface area contributed by atoms with Gasteiger partial charge >= 0.3 is 12.1 Å². The van der Waals surface area contributed by atoms with E-state index >= 15 is 0 Å². The second-order valence-corrected chi connectivity index (χ2v) is 9.15. The van der Waals surface area contributed by atoms with E-state index in [4.69, 9.17) is 26.2 Å². The molecule has 3 heterocycles. The largest absolute Gasteiger partial charge is 0.490 e. The lowest BCUT2D eigenvalue weighted by Gasteiger charge is -2.18. The lowest BCUT2D eigenvalue weighted by molar-refractivity contribution is -0.192. The average molecular weight is 577 g/mol. The van der Waals surface area contributed by atoms with Crippen molar-refractivity contribution in [3.05, 3.63) is 71.3 Å². The van der Waals surface area contributed by atoms with E-state index in [2.05, 4.69) is 54.3 Å². The van der Waals surface area contributed by atoms with Gasteiger partial charge in [0.25, 0.3) is 0 Å². The molecule has 1 atom stereocenters. The van der Waals surface area contributed by atoms with E-state index in [1.165, 1.54) is 11.1 Å². The Bertz CT molecular complexity index is 1440. The van der Waals surface area contributed by atoms with Gasteiger partial charge < -0.3 is 20.5 Å². The molecule has 1 aliphatic heterocycles. The number of rotatable bonds is 7. The van der Waals surface area contributed by atoms with Crippen LogP contribution in [0.1, 0.15) is 18.1 Å². The number of ether oxygens (including phenoxy) is 1. The van der Waals surface area contributed by atoms with Gasteiger partial charge in [-0.15, -0.1) is 5.10 Å². The van der Waals surface area contributed by atoms with Crippen LogP contribution in [0.3, 0.4) is 0 Å². The van der Waals surface area contributed by atoms with Crippen LogP contribution >= 0.6 is 11.6 Å². The first-order valence-corrected chi connectivity index (χ1v) is 12.4. The fraction of sp³-hybridized carbons (Fsp3) is 0.280. The number of alkyl halides is 3. The Labute approximate surface area is 231 Å². The second-order valence-electron chi connectivity index (χ2n) is 8.74. The quantitative estimate of drug-likeness (QED) is 0.292. The van der Waals surface area contributed by atoms with E-state index in [9.17, 15) is 13.2 Å². The minimum absolute atomic E-state index is 0.170. The lowest BCUT2D eigenvalue weighted by atomic mass is 10.0. The van der Waals surface area contributed by atoms with Crippen molar-refractivity contribution in [1.82, 2.24) is 35.5 Å². The molecule has 0 radical (unpaired) electrons. The van der Waals surface area contributed by atoms with E-state index < -0.39 is 12.1 Å². The maximum Gasteiger partial charge on any atom is 0.490 e. The van der Waals surface area contributed by atoms with E-state index in [-0.39, 0.29) is 6.10 Å². The van der Waals surface area contributed by atoms with Crippen molar-refractivity contribution in [2.45, 2.75) is 38.7 Å². The summed E-state index contributed by atoms with van der Waals surface area (Å²) in [4.78, 5) is 17.9. The zero-order valence-corrected chi connectivity index (χ0v) is 21.8. The molecular formula is C25H24ClF3N8O3. The van der Waals surface area contributed by atoms with Crippen molar-refractivity contribution < 1.29 is 27.8 Å². The van der Waals surface area contributed by atoms with Gasteiger partial charge in [0.15, 0.2) is 0 Å². The maximum absolute atomic E-state index is 10.6. The fourth-order valence-corrected chi connectivity index (χ4v) is 3.95. The van der Waals surface area contributed by atoms with Gasteiger partial charge in [0, 0.05) is 30.2 Å². The third kappa shape index (κ3) is 7.86. The van der Waals surface area contributed by atoms with Crippen LogP contribution in [0, 0.1) is 0 Å². The number of hydrogen-bond acceptors (Lipinski definition) is 9. The normalized spacial score (nSPS) is 13.4. The Hall–Kier alpha value is -4.30. The van der Waals surface area contributed by atoms with Gasteiger partial charge in [-0.25, -0.2) is 19.4 Å². The lowest BCUT2D eigenvalue weighted by Crippen LogP contribution is -2.23. The molecule has 1 aliphatic rings. The van der Waals surface area contributed by atoms with Gasteiger partial charge in [-0.05, 0) is 71.3 Å². The van der Waals surface area contributed by atoms with E-state index in [0.29, 0.717) is 23.3 Å². The number of hydrogen-bond donors (Lipinski definition) is 3. The number of carbonyl (C=O) groups is 1. The molecule has 15 heteroatoms. The van der Waals surface area contributed by atoms with Crippen LogP contribution in [-0.2, 0) is 24.3 Å². The number of nitrogens with one attached hydrogen (secondary N) is 2. The van der Waals surface area contributed by atoms with Gasteiger partial charge in [-0.2, -0.15) is 13.2 Å². The smallest absolute Gasteiger partial charge is 0.487 e. The standard InChI is InChI=1S/C23H23ClN8O.C2HF3O2/c1-15(13-32-14-28-30-31-32)33-22-9-17(3-5-21(22)24)19-11-26-23(27-12-19)29-20-4-2-16-6-7-25-10-18(16)8-20;3-2(4,5)1(6)7/h2-5,8-9,11-12,14-15,25H,6-7,10,13H2,1H3,(H,26,27,29);(H,6,7)/t15-;/m0./s1. The van der Waals surface area contributed by atoms with Crippen LogP contribution in [0.5, 0.6) is 5.75 Å². The Morgan fingerprint density at radius 1 is 1.18 bits per heavy atom. The predicted octanol–water partition coefficient (Wildman–Crippen LogP) is 4.27. The molecule has 2 aromatic carbocycles. The topological polar surface area (TPSA) is 140 Å². The zero-order valence-electron chi connectivity index (χ0n) is 21.1. The number of fused-ring (bicyclic) bond motifs is 1. The Morgan fingerprint density at radius 3 is 2.60 bits per heavy atom. The first-order valence-electron chi connectivity index (χ1n) is 12.0. The van der Waals surface area contributed by atoms with Crippen molar-refractivity contribution >= 4 is 29.2 Å². The molecular weight excluding hydrogens is 553 g/mol. The Balaban J connectivity index is 0.000000470. The van der Waals surface area contributed by atoms with Crippen molar-refractivity contribution in [2.24, 2.45) is 0 Å². The second kappa shape index (κ2) is 12.7. The number of aliphatic carboxylic acids is 1. The summed E-state index contributed by atoms with van der Waals surface area (Å²) in [5.74, 6) is -1.63. The highest BCUT2D eigenvalue weighted by Gasteiger charge is 2.38. The minimum Gasteiger partial charge on any atom is -0.487 e. The van der Waals surface area contributed by atoms with Crippen LogP contribution in [0.25, 0.3) is 11.1 Å². The summed E-state index contributed by atoms with van der Waals surface area (Å²) in [6.07, 6.45) is 0.922. The number of carboxylic acid groups (broad SMARTS) is 1. The molecule has 2 aromatic heterocycles. The van der Waals surface area contributed by atoms with Gasteiger partial charge in [-0.3, -0.25) is 0 Å². The molecule has 0 spiro atoms. The monoisotopic (exact) mass is 576 g/mol. The van der Waals surface area contributed by atoms with Crippen LogP contribution < -0.4 is 15.4 Å². The number of anilines is 2. The number of halogens is 4. The maximum atomic E-state index is 10.6. The van der Waals surface area contributed by atoms with Crippen LogP contribution in [-0.4, -0.2) is 60.1 Å². The van der Waals surface area contributed by atoms with Gasteiger partial charge in [-0.1, -0.05) is 23.7 Å². The molecule has 3 N–H and O–H groups in total. The SMILES string of the molecule is C[C@@H](Cn1cnnn1)Oc1cc(-c2cnc(Nc3ccc4c(c3)CNCC4)nc2)ccc1Cl.O=C(O)C(F)(F)F. The number of aromatic nitrogens is 6. The molecule has 0 amide bonds. The molecule has 0 unspecified atom stereocenters. The number of benzene rings is 2. The predicted molar refractivity (Wildman–Crippen MR) is 139 cm³/mol. The zero-order chi connectivity index (χ0) is 28.7. The highest BCUT2D eigenvalue weighted by Crippen LogP contribution is 2.31. The minimum atomic E-state index is -5.08. The van der Waals surface area contributed by atoms with Crippen molar-refractivity contribution in [1.29, 1.82) is 0 Å². The molecule has 0 aliphatic carbocycles. The summed E-state index contributed by atoms with van der Waals surface area (Å²) in [6.45, 7) is 4.36. The molecule has 0 bridgehead atoms. The van der Waals surface area contributed by atoms with E-state index in [1.54, 1.807) is 23.4 Å². The summed E-state index contributed by atoms with van der Waals surface area (Å²) >= 11 is 6.36. The van der Waals surface area contributed by atoms with Crippen molar-refractivity contribution in [3.8, 4) is 16.9 Å². The Kier molecular flexibility index (Phi) is 9.11. The molecule has 4 aromatic rings. The molecule has 5 rings (SSSR count). The summed E-state index contributed by atoms with van der Waals surface area (Å²) in [5.41, 5.74) is 5.46. The summed E-state index contributed by atoms with van der Waals surface area (Å²) in [6, 6.07) is 12.0. The van der Waals surface area contributed by atoms with Gasteiger partial charge in [0.1, 0.15) is 18.2 Å². The number of tetrazole rings is 1. The highest BCUT2D eigenvalue weighted by molar-refractivity contribution is 6.32. The first-order chi connectivity index (χ1) is 19.1. The summed E-state index contributed by atoms with van der Waals surface area (Å²) in [5, 5.41) is 25.5. The number of carboxylic acids is 1. The highest BCUT2D eigenvalue weighted by atomic mass is 35.5. The van der Waals surface area contributed by atoms with Crippen LogP contribution in [0.2, 0.25) is 5.02 Å². The first kappa shape index (κ1) is 28.7. The van der Waals surface area contributed by atoms with Crippen LogP contribution in [0.15, 0.2) is 55.1 Å². The Morgan fingerprint density at radius 2 is 1.93 bits per heavy atom. The van der Waals surface area contributed by atoms with Gasteiger partial charge in [0.05, 0.1) is 11.6 Å². The molecule has 0 fully saturated rings.